The summed E-state index contributed by atoms with van der Waals surface area (Å²) in [6.45, 7) is 1.60. The van der Waals surface area contributed by atoms with E-state index in [2.05, 4.69) is 40.3 Å². The highest BCUT2D eigenvalue weighted by Crippen LogP contribution is 2.18. The van der Waals surface area contributed by atoms with Crippen LogP contribution in [0.5, 0.6) is 0 Å². The Kier molecular flexibility index (Phi) is 4.22. The van der Waals surface area contributed by atoms with E-state index in [0.29, 0.717) is 6.42 Å². The standard InChI is InChI=1S/C15H21N3O/c1-16-11-12-4-5-14-13(10-12)6-8-18(14)9-7-15(19)17(2)3/h4-6,8,10,16H,7,9,11H2,1-3H3. The lowest BCUT2D eigenvalue weighted by molar-refractivity contribution is -0.128. The van der Waals surface area contributed by atoms with Gasteiger partial charge in [0.05, 0.1) is 0 Å². The highest BCUT2D eigenvalue weighted by atomic mass is 16.2. The Morgan fingerprint density at radius 3 is 2.79 bits per heavy atom. The molecular formula is C15H21N3O. The number of amides is 1. The van der Waals surface area contributed by atoms with E-state index in [0.717, 1.165) is 13.1 Å². The summed E-state index contributed by atoms with van der Waals surface area (Å²) >= 11 is 0. The molecule has 0 unspecified atom stereocenters. The molecule has 1 amide bonds. The molecule has 2 rings (SSSR count). The summed E-state index contributed by atoms with van der Waals surface area (Å²) in [5.41, 5.74) is 2.46. The second kappa shape index (κ2) is 5.89. The molecule has 0 saturated heterocycles. The van der Waals surface area contributed by atoms with Gasteiger partial charge in [0.25, 0.3) is 0 Å². The van der Waals surface area contributed by atoms with Gasteiger partial charge in [-0.25, -0.2) is 0 Å². The molecule has 0 aliphatic carbocycles. The van der Waals surface area contributed by atoms with Crippen molar-refractivity contribution in [3.05, 3.63) is 36.0 Å². The Morgan fingerprint density at radius 2 is 2.11 bits per heavy atom. The van der Waals surface area contributed by atoms with Crippen LogP contribution in [0.4, 0.5) is 0 Å². The fourth-order valence-electron chi connectivity index (χ4n) is 2.20. The number of benzene rings is 1. The van der Waals surface area contributed by atoms with Gasteiger partial charge >= 0.3 is 0 Å². The van der Waals surface area contributed by atoms with Gasteiger partial charge in [0, 0.05) is 45.3 Å². The molecule has 0 bridgehead atoms. The summed E-state index contributed by atoms with van der Waals surface area (Å²) in [5.74, 6) is 0.161. The van der Waals surface area contributed by atoms with E-state index in [1.165, 1.54) is 16.5 Å². The van der Waals surface area contributed by atoms with Crippen molar-refractivity contribution in [3.63, 3.8) is 0 Å². The van der Waals surface area contributed by atoms with Crippen LogP contribution in [0.3, 0.4) is 0 Å². The Hall–Kier alpha value is -1.81. The van der Waals surface area contributed by atoms with Crippen molar-refractivity contribution in [1.82, 2.24) is 14.8 Å². The first-order valence-electron chi connectivity index (χ1n) is 6.54. The number of aromatic nitrogens is 1. The molecule has 0 aliphatic heterocycles. The second-order valence-corrected chi connectivity index (χ2v) is 4.97. The van der Waals surface area contributed by atoms with Gasteiger partial charge in [-0.2, -0.15) is 0 Å². The SMILES string of the molecule is CNCc1ccc2c(ccn2CCC(=O)N(C)C)c1. The maximum Gasteiger partial charge on any atom is 0.223 e. The number of nitrogens with one attached hydrogen (secondary N) is 1. The number of rotatable bonds is 5. The Balaban J connectivity index is 2.14. The zero-order chi connectivity index (χ0) is 13.8. The second-order valence-electron chi connectivity index (χ2n) is 4.97. The minimum Gasteiger partial charge on any atom is -0.349 e. The summed E-state index contributed by atoms with van der Waals surface area (Å²) in [6, 6.07) is 8.55. The molecule has 1 aromatic carbocycles. The Morgan fingerprint density at radius 1 is 1.32 bits per heavy atom. The highest BCUT2D eigenvalue weighted by Gasteiger charge is 2.06. The largest absolute Gasteiger partial charge is 0.349 e. The minimum absolute atomic E-state index is 0.161. The van der Waals surface area contributed by atoms with Crippen LogP contribution >= 0.6 is 0 Å². The lowest BCUT2D eigenvalue weighted by atomic mass is 10.1. The third-order valence-electron chi connectivity index (χ3n) is 3.28. The maximum atomic E-state index is 11.6. The number of fused-ring (bicyclic) bond motifs is 1. The lowest BCUT2D eigenvalue weighted by Crippen LogP contribution is -2.22. The molecule has 1 heterocycles. The Labute approximate surface area is 114 Å². The van der Waals surface area contributed by atoms with Gasteiger partial charge in [-0.3, -0.25) is 4.79 Å². The van der Waals surface area contributed by atoms with Crippen LogP contribution in [0.25, 0.3) is 10.9 Å². The van der Waals surface area contributed by atoms with E-state index in [1.54, 1.807) is 19.0 Å². The van der Waals surface area contributed by atoms with Gasteiger partial charge < -0.3 is 14.8 Å². The molecule has 0 saturated carbocycles. The van der Waals surface area contributed by atoms with Crippen LogP contribution in [0, 0.1) is 0 Å². The summed E-state index contributed by atoms with van der Waals surface area (Å²) in [6.07, 6.45) is 2.59. The van der Waals surface area contributed by atoms with Crippen molar-refractivity contribution in [3.8, 4) is 0 Å². The average Bonchev–Trinajstić information content (AvgIpc) is 2.78. The Bertz CT molecular complexity index is 572. The van der Waals surface area contributed by atoms with Gasteiger partial charge in [0.2, 0.25) is 5.91 Å². The zero-order valence-corrected chi connectivity index (χ0v) is 11.8. The first-order valence-corrected chi connectivity index (χ1v) is 6.54. The highest BCUT2D eigenvalue weighted by molar-refractivity contribution is 5.81. The summed E-state index contributed by atoms with van der Waals surface area (Å²) in [7, 11) is 5.53. The van der Waals surface area contributed by atoms with E-state index < -0.39 is 0 Å². The number of nitrogens with zero attached hydrogens (tertiary/aromatic N) is 2. The van der Waals surface area contributed by atoms with Crippen molar-refractivity contribution in [2.24, 2.45) is 0 Å². The molecule has 0 radical (unpaired) electrons. The van der Waals surface area contributed by atoms with Crippen LogP contribution in [0.1, 0.15) is 12.0 Å². The van der Waals surface area contributed by atoms with Crippen molar-refractivity contribution >= 4 is 16.8 Å². The molecule has 0 atom stereocenters. The molecule has 0 fully saturated rings. The van der Waals surface area contributed by atoms with Crippen molar-refractivity contribution in [1.29, 1.82) is 0 Å². The van der Waals surface area contributed by atoms with Crippen LogP contribution in [0.15, 0.2) is 30.5 Å². The summed E-state index contributed by atoms with van der Waals surface area (Å²) < 4.78 is 2.14. The van der Waals surface area contributed by atoms with Crippen LogP contribution < -0.4 is 5.32 Å². The molecule has 4 nitrogen and oxygen atoms in total. The van der Waals surface area contributed by atoms with Crippen molar-refractivity contribution in [2.45, 2.75) is 19.5 Å². The molecule has 1 N–H and O–H groups in total. The lowest BCUT2D eigenvalue weighted by Gasteiger charge is -2.11. The van der Waals surface area contributed by atoms with Crippen molar-refractivity contribution in [2.75, 3.05) is 21.1 Å². The number of hydrogen-bond donors (Lipinski definition) is 1. The smallest absolute Gasteiger partial charge is 0.223 e. The monoisotopic (exact) mass is 259 g/mol. The number of hydrogen-bond acceptors (Lipinski definition) is 2. The van der Waals surface area contributed by atoms with Crippen molar-refractivity contribution < 1.29 is 4.79 Å². The quantitative estimate of drug-likeness (QED) is 0.889. The molecule has 0 aliphatic rings. The normalized spacial score (nSPS) is 10.9. The fraction of sp³-hybridized carbons (Fsp3) is 0.400. The molecule has 102 valence electrons. The van der Waals surface area contributed by atoms with Gasteiger partial charge in [0.1, 0.15) is 0 Å². The summed E-state index contributed by atoms with van der Waals surface area (Å²) in [5, 5.41) is 4.38. The predicted octanol–water partition coefficient (Wildman–Crippen LogP) is 1.84. The molecule has 1 aromatic heterocycles. The van der Waals surface area contributed by atoms with Gasteiger partial charge in [-0.15, -0.1) is 0 Å². The van der Waals surface area contributed by atoms with Crippen LogP contribution in [-0.2, 0) is 17.9 Å². The van der Waals surface area contributed by atoms with E-state index >= 15 is 0 Å². The zero-order valence-electron chi connectivity index (χ0n) is 11.8. The van der Waals surface area contributed by atoms with Gasteiger partial charge in [0.15, 0.2) is 0 Å². The number of carbonyl (C=O) groups excluding carboxylic acids is 1. The van der Waals surface area contributed by atoms with Crippen LogP contribution in [-0.4, -0.2) is 36.5 Å². The topological polar surface area (TPSA) is 37.3 Å². The van der Waals surface area contributed by atoms with E-state index in [4.69, 9.17) is 0 Å². The first kappa shape index (κ1) is 13.6. The molecule has 0 spiro atoms. The van der Waals surface area contributed by atoms with Gasteiger partial charge in [-0.1, -0.05) is 6.07 Å². The van der Waals surface area contributed by atoms with Gasteiger partial charge in [-0.05, 0) is 36.2 Å². The predicted molar refractivity (Wildman–Crippen MR) is 78.0 cm³/mol. The third kappa shape index (κ3) is 3.15. The fourth-order valence-corrected chi connectivity index (χ4v) is 2.20. The number of aryl methyl sites for hydroxylation is 1. The number of carbonyl (C=O) groups is 1. The summed E-state index contributed by atoms with van der Waals surface area (Å²) in [4.78, 5) is 13.3. The third-order valence-corrected chi connectivity index (χ3v) is 3.28. The molecule has 19 heavy (non-hydrogen) atoms. The maximum absolute atomic E-state index is 11.6. The van der Waals surface area contributed by atoms with E-state index in [1.807, 2.05) is 7.05 Å². The molecular weight excluding hydrogens is 238 g/mol. The van der Waals surface area contributed by atoms with Crippen LogP contribution in [0.2, 0.25) is 0 Å². The van der Waals surface area contributed by atoms with E-state index in [-0.39, 0.29) is 5.91 Å². The first-order chi connectivity index (χ1) is 9.11. The average molecular weight is 259 g/mol. The minimum atomic E-state index is 0.161. The molecule has 4 heteroatoms. The molecule has 2 aromatic rings. The van der Waals surface area contributed by atoms with E-state index in [9.17, 15) is 4.79 Å².